The highest BCUT2D eigenvalue weighted by Gasteiger charge is 2.54. The number of benzene rings is 1. The third kappa shape index (κ3) is 1.64. The van der Waals surface area contributed by atoms with Crippen LogP contribution in [0.15, 0.2) is 12.1 Å². The van der Waals surface area contributed by atoms with E-state index in [0.717, 1.165) is 11.1 Å². The number of hydrogen-bond acceptors (Lipinski definition) is 3. The molecule has 0 aromatic heterocycles. The van der Waals surface area contributed by atoms with Crippen LogP contribution in [0.1, 0.15) is 24.0 Å². The lowest BCUT2D eigenvalue weighted by Crippen LogP contribution is -2.21. The van der Waals surface area contributed by atoms with Crippen LogP contribution >= 0.6 is 0 Å². The van der Waals surface area contributed by atoms with E-state index in [0.29, 0.717) is 24.3 Å². The largest absolute Gasteiger partial charge is 0.496 e. The van der Waals surface area contributed by atoms with Crippen molar-refractivity contribution < 1.29 is 19.4 Å². The van der Waals surface area contributed by atoms with Gasteiger partial charge in [-0.2, -0.15) is 0 Å². The predicted octanol–water partition coefficient (Wildman–Crippen LogP) is 2.13. The molecule has 92 valence electrons. The van der Waals surface area contributed by atoms with Gasteiger partial charge in [0.25, 0.3) is 0 Å². The SMILES string of the molecule is COc1ccc(OC)c(C2(C(=O)O)CC2)c1C. The summed E-state index contributed by atoms with van der Waals surface area (Å²) in [5.41, 5.74) is 0.836. The van der Waals surface area contributed by atoms with Gasteiger partial charge in [0.15, 0.2) is 0 Å². The fourth-order valence-corrected chi connectivity index (χ4v) is 2.35. The van der Waals surface area contributed by atoms with Crippen molar-refractivity contribution in [2.24, 2.45) is 0 Å². The second-order valence-corrected chi connectivity index (χ2v) is 4.36. The van der Waals surface area contributed by atoms with Crippen LogP contribution in [0.2, 0.25) is 0 Å². The van der Waals surface area contributed by atoms with Gasteiger partial charge in [-0.25, -0.2) is 0 Å². The summed E-state index contributed by atoms with van der Waals surface area (Å²) >= 11 is 0. The van der Waals surface area contributed by atoms with E-state index in [4.69, 9.17) is 9.47 Å². The maximum Gasteiger partial charge on any atom is 0.314 e. The Labute approximate surface area is 100 Å². The minimum atomic E-state index is -0.785. The molecule has 1 aromatic rings. The third-order valence-corrected chi connectivity index (χ3v) is 3.45. The molecule has 0 atom stereocenters. The van der Waals surface area contributed by atoms with Gasteiger partial charge >= 0.3 is 5.97 Å². The molecule has 1 aromatic carbocycles. The van der Waals surface area contributed by atoms with Crippen LogP contribution in [0.3, 0.4) is 0 Å². The zero-order chi connectivity index (χ0) is 12.6. The Hall–Kier alpha value is -1.71. The van der Waals surface area contributed by atoms with Gasteiger partial charge in [-0.05, 0) is 37.5 Å². The molecule has 1 aliphatic rings. The van der Waals surface area contributed by atoms with Gasteiger partial charge < -0.3 is 14.6 Å². The van der Waals surface area contributed by atoms with E-state index in [1.807, 2.05) is 6.92 Å². The van der Waals surface area contributed by atoms with Crippen LogP contribution in [0.4, 0.5) is 0 Å². The summed E-state index contributed by atoms with van der Waals surface area (Å²) in [6.07, 6.45) is 1.32. The van der Waals surface area contributed by atoms with E-state index in [9.17, 15) is 9.90 Å². The molecule has 17 heavy (non-hydrogen) atoms. The maximum atomic E-state index is 11.4. The summed E-state index contributed by atoms with van der Waals surface area (Å²) in [5, 5.41) is 9.37. The van der Waals surface area contributed by atoms with E-state index < -0.39 is 11.4 Å². The van der Waals surface area contributed by atoms with Gasteiger partial charge in [-0.15, -0.1) is 0 Å². The summed E-state index contributed by atoms with van der Waals surface area (Å²) in [4.78, 5) is 11.4. The minimum Gasteiger partial charge on any atom is -0.496 e. The smallest absolute Gasteiger partial charge is 0.314 e. The average molecular weight is 236 g/mol. The standard InChI is InChI=1S/C13H16O4/c1-8-9(16-2)4-5-10(17-3)11(8)13(6-7-13)12(14)15/h4-5H,6-7H2,1-3H3,(H,14,15). The number of hydrogen-bond donors (Lipinski definition) is 1. The summed E-state index contributed by atoms with van der Waals surface area (Å²) in [6, 6.07) is 3.57. The van der Waals surface area contributed by atoms with Crippen molar-refractivity contribution in [2.45, 2.75) is 25.2 Å². The Morgan fingerprint density at radius 2 is 1.76 bits per heavy atom. The summed E-state index contributed by atoms with van der Waals surface area (Å²) in [5.74, 6) is 0.545. The minimum absolute atomic E-state index is 0.628. The van der Waals surface area contributed by atoms with Crippen molar-refractivity contribution in [2.75, 3.05) is 14.2 Å². The van der Waals surface area contributed by atoms with E-state index in [2.05, 4.69) is 0 Å². The lowest BCUT2D eigenvalue weighted by Gasteiger charge is -2.19. The first-order chi connectivity index (χ1) is 8.06. The summed E-state index contributed by atoms with van der Waals surface area (Å²) in [7, 11) is 3.14. The molecule has 0 heterocycles. The molecule has 2 rings (SSSR count). The van der Waals surface area contributed by atoms with Crippen LogP contribution in [-0.2, 0) is 10.2 Å². The fraction of sp³-hybridized carbons (Fsp3) is 0.462. The number of rotatable bonds is 4. The number of ether oxygens (including phenoxy) is 2. The molecule has 0 unspecified atom stereocenters. The monoisotopic (exact) mass is 236 g/mol. The third-order valence-electron chi connectivity index (χ3n) is 3.45. The first-order valence-electron chi connectivity index (χ1n) is 5.52. The van der Waals surface area contributed by atoms with Gasteiger partial charge in [0.05, 0.1) is 19.6 Å². The first kappa shape index (κ1) is 11.8. The van der Waals surface area contributed by atoms with Crippen molar-refractivity contribution in [1.82, 2.24) is 0 Å². The second-order valence-electron chi connectivity index (χ2n) is 4.36. The molecule has 4 heteroatoms. The lowest BCUT2D eigenvalue weighted by atomic mass is 9.90. The van der Waals surface area contributed by atoms with Gasteiger partial charge in [0, 0.05) is 5.56 Å². The predicted molar refractivity (Wildman–Crippen MR) is 62.8 cm³/mol. The Kier molecular flexibility index (Phi) is 2.73. The fourth-order valence-electron chi connectivity index (χ4n) is 2.35. The van der Waals surface area contributed by atoms with Crippen LogP contribution < -0.4 is 9.47 Å². The molecule has 1 N–H and O–H groups in total. The Morgan fingerprint density at radius 3 is 2.18 bits per heavy atom. The molecule has 0 radical (unpaired) electrons. The normalized spacial score (nSPS) is 16.4. The van der Waals surface area contributed by atoms with Crippen molar-refractivity contribution in [3.63, 3.8) is 0 Å². The zero-order valence-corrected chi connectivity index (χ0v) is 10.2. The second kappa shape index (κ2) is 3.95. The van der Waals surface area contributed by atoms with E-state index in [1.54, 1.807) is 26.4 Å². The van der Waals surface area contributed by atoms with Crippen LogP contribution in [-0.4, -0.2) is 25.3 Å². The van der Waals surface area contributed by atoms with E-state index >= 15 is 0 Å². The van der Waals surface area contributed by atoms with E-state index in [1.165, 1.54) is 0 Å². The van der Waals surface area contributed by atoms with Crippen molar-refractivity contribution in [3.05, 3.63) is 23.3 Å². The number of methoxy groups -OCH3 is 2. The molecule has 0 amide bonds. The Balaban J connectivity index is 2.62. The highest BCUT2D eigenvalue weighted by Crippen LogP contribution is 2.54. The number of carboxylic acids is 1. The topological polar surface area (TPSA) is 55.8 Å². The van der Waals surface area contributed by atoms with Crippen molar-refractivity contribution in [3.8, 4) is 11.5 Å². The number of aliphatic carboxylic acids is 1. The number of carbonyl (C=O) groups is 1. The lowest BCUT2D eigenvalue weighted by molar-refractivity contribution is -0.140. The van der Waals surface area contributed by atoms with Crippen LogP contribution in [0, 0.1) is 6.92 Å². The van der Waals surface area contributed by atoms with Crippen LogP contribution in [0.5, 0.6) is 11.5 Å². The van der Waals surface area contributed by atoms with Crippen molar-refractivity contribution >= 4 is 5.97 Å². The maximum absolute atomic E-state index is 11.4. The van der Waals surface area contributed by atoms with Crippen molar-refractivity contribution in [1.29, 1.82) is 0 Å². The zero-order valence-electron chi connectivity index (χ0n) is 10.2. The Bertz CT molecular complexity index is 461. The molecular weight excluding hydrogens is 220 g/mol. The molecular formula is C13H16O4. The molecule has 1 aliphatic carbocycles. The van der Waals surface area contributed by atoms with Gasteiger partial charge in [-0.1, -0.05) is 0 Å². The van der Waals surface area contributed by atoms with Gasteiger partial charge in [0.1, 0.15) is 11.5 Å². The average Bonchev–Trinajstić information content (AvgIpc) is 3.09. The highest BCUT2D eigenvalue weighted by atomic mass is 16.5. The molecule has 1 saturated carbocycles. The quantitative estimate of drug-likeness (QED) is 0.870. The molecule has 0 spiro atoms. The van der Waals surface area contributed by atoms with Gasteiger partial charge in [-0.3, -0.25) is 4.79 Å². The summed E-state index contributed by atoms with van der Waals surface area (Å²) < 4.78 is 10.5. The Morgan fingerprint density at radius 1 is 1.24 bits per heavy atom. The number of carboxylic acid groups (broad SMARTS) is 1. The summed E-state index contributed by atoms with van der Waals surface area (Å²) in [6.45, 7) is 1.87. The van der Waals surface area contributed by atoms with Crippen LogP contribution in [0.25, 0.3) is 0 Å². The highest BCUT2D eigenvalue weighted by molar-refractivity contribution is 5.87. The molecule has 1 fully saturated rings. The first-order valence-corrected chi connectivity index (χ1v) is 5.52. The molecule has 4 nitrogen and oxygen atoms in total. The van der Waals surface area contributed by atoms with Gasteiger partial charge in [0.2, 0.25) is 0 Å². The van der Waals surface area contributed by atoms with E-state index in [-0.39, 0.29) is 0 Å². The molecule has 0 saturated heterocycles. The molecule has 0 bridgehead atoms. The molecule has 0 aliphatic heterocycles.